The van der Waals surface area contributed by atoms with Crippen molar-refractivity contribution in [1.82, 2.24) is 0 Å². The number of rotatable bonds is 3. The molecule has 2 rings (SSSR count). The van der Waals surface area contributed by atoms with E-state index in [0.717, 1.165) is 23.2 Å². The molecule has 1 heterocycles. The maximum absolute atomic E-state index is 6.10. The van der Waals surface area contributed by atoms with Gasteiger partial charge in [0.2, 0.25) is 0 Å². The first kappa shape index (κ1) is 11.2. The van der Waals surface area contributed by atoms with Crippen LogP contribution >= 0.6 is 0 Å². The fourth-order valence-electron chi connectivity index (χ4n) is 1.97. The van der Waals surface area contributed by atoms with Gasteiger partial charge >= 0.3 is 0 Å². The summed E-state index contributed by atoms with van der Waals surface area (Å²) in [5.41, 5.74) is 8.26. The molecule has 16 heavy (non-hydrogen) atoms. The Kier molecular flexibility index (Phi) is 3.01. The van der Waals surface area contributed by atoms with Gasteiger partial charge in [-0.2, -0.15) is 0 Å². The minimum Gasteiger partial charge on any atom is -0.459 e. The Hall–Kier alpha value is -1.28. The zero-order valence-corrected chi connectivity index (χ0v) is 10.2. The molecule has 2 nitrogen and oxygen atoms in total. The molecule has 0 bridgehead atoms. The van der Waals surface area contributed by atoms with Gasteiger partial charge in [-0.1, -0.05) is 26.0 Å². The highest BCUT2D eigenvalue weighted by atomic mass is 16.3. The van der Waals surface area contributed by atoms with E-state index in [2.05, 4.69) is 45.0 Å². The highest BCUT2D eigenvalue weighted by Gasteiger charge is 2.13. The summed E-state index contributed by atoms with van der Waals surface area (Å²) in [5.74, 6) is 1.49. The van der Waals surface area contributed by atoms with Gasteiger partial charge in [-0.25, -0.2) is 0 Å². The molecule has 1 aromatic heterocycles. The third kappa shape index (κ3) is 2.27. The van der Waals surface area contributed by atoms with Gasteiger partial charge in [-0.05, 0) is 37.0 Å². The van der Waals surface area contributed by atoms with E-state index in [4.69, 9.17) is 10.2 Å². The average Bonchev–Trinajstić information content (AvgIpc) is 2.59. The summed E-state index contributed by atoms with van der Waals surface area (Å²) in [6, 6.07) is 8.30. The van der Waals surface area contributed by atoms with Crippen molar-refractivity contribution in [2.24, 2.45) is 11.7 Å². The third-order valence-electron chi connectivity index (χ3n) is 2.79. The largest absolute Gasteiger partial charge is 0.459 e. The van der Waals surface area contributed by atoms with Crippen molar-refractivity contribution in [3.05, 3.63) is 35.6 Å². The first-order valence-electron chi connectivity index (χ1n) is 5.82. The second-order valence-corrected chi connectivity index (χ2v) is 4.93. The molecule has 1 aromatic carbocycles. The lowest BCUT2D eigenvalue weighted by atomic mass is 10.0. The summed E-state index contributed by atoms with van der Waals surface area (Å²) in [6.07, 6.45) is 0.957. The van der Waals surface area contributed by atoms with Gasteiger partial charge in [0.25, 0.3) is 0 Å². The van der Waals surface area contributed by atoms with Crippen LogP contribution in [-0.2, 0) is 0 Å². The predicted molar refractivity (Wildman–Crippen MR) is 67.3 cm³/mol. The fraction of sp³-hybridized carbons (Fsp3) is 0.429. The molecule has 0 fully saturated rings. The molecular weight excluding hydrogens is 198 g/mol. The quantitative estimate of drug-likeness (QED) is 0.849. The summed E-state index contributed by atoms with van der Waals surface area (Å²) >= 11 is 0. The van der Waals surface area contributed by atoms with Crippen LogP contribution < -0.4 is 5.73 Å². The van der Waals surface area contributed by atoms with Crippen molar-refractivity contribution < 1.29 is 4.42 Å². The molecule has 0 saturated carbocycles. The van der Waals surface area contributed by atoms with E-state index in [9.17, 15) is 0 Å². The van der Waals surface area contributed by atoms with Crippen LogP contribution in [0.1, 0.15) is 37.6 Å². The van der Waals surface area contributed by atoms with E-state index in [1.165, 1.54) is 5.56 Å². The Bertz CT molecular complexity index is 484. The molecule has 0 spiro atoms. The zero-order valence-electron chi connectivity index (χ0n) is 10.2. The first-order chi connectivity index (χ1) is 7.56. The Morgan fingerprint density at radius 1 is 1.25 bits per heavy atom. The molecule has 0 radical (unpaired) electrons. The fourth-order valence-corrected chi connectivity index (χ4v) is 1.97. The minimum absolute atomic E-state index is 0.00714. The Morgan fingerprint density at radius 2 is 2.00 bits per heavy atom. The van der Waals surface area contributed by atoms with Gasteiger partial charge in [0.15, 0.2) is 0 Å². The molecule has 0 aliphatic rings. The van der Waals surface area contributed by atoms with Gasteiger partial charge in [0, 0.05) is 5.39 Å². The summed E-state index contributed by atoms with van der Waals surface area (Å²) < 4.78 is 5.79. The maximum atomic E-state index is 6.10. The monoisotopic (exact) mass is 217 g/mol. The van der Waals surface area contributed by atoms with Gasteiger partial charge in [-0.15, -0.1) is 0 Å². The normalized spacial score (nSPS) is 13.6. The molecule has 0 amide bonds. The summed E-state index contributed by atoms with van der Waals surface area (Å²) in [6.45, 7) is 6.41. The first-order valence-corrected chi connectivity index (χ1v) is 5.82. The number of aryl methyl sites for hydroxylation is 1. The zero-order chi connectivity index (χ0) is 11.7. The second kappa shape index (κ2) is 4.30. The number of furan rings is 1. The van der Waals surface area contributed by atoms with Crippen LogP contribution in [0.4, 0.5) is 0 Å². The topological polar surface area (TPSA) is 39.2 Å². The van der Waals surface area contributed by atoms with E-state index in [1.807, 2.05) is 0 Å². The molecular formula is C14H19NO. The van der Waals surface area contributed by atoms with Crippen LogP contribution in [-0.4, -0.2) is 0 Å². The number of nitrogens with two attached hydrogens (primary N) is 1. The van der Waals surface area contributed by atoms with Crippen LogP contribution in [0, 0.1) is 12.8 Å². The number of benzene rings is 1. The van der Waals surface area contributed by atoms with Gasteiger partial charge < -0.3 is 10.2 Å². The lowest BCUT2D eigenvalue weighted by Crippen LogP contribution is -2.11. The molecule has 2 heteroatoms. The number of hydrogen-bond acceptors (Lipinski definition) is 2. The van der Waals surface area contributed by atoms with Crippen molar-refractivity contribution >= 4 is 11.0 Å². The van der Waals surface area contributed by atoms with Crippen LogP contribution in [0.5, 0.6) is 0 Å². The van der Waals surface area contributed by atoms with Crippen molar-refractivity contribution in [1.29, 1.82) is 0 Å². The number of hydrogen-bond donors (Lipinski definition) is 1. The Balaban J connectivity index is 2.32. The van der Waals surface area contributed by atoms with Crippen LogP contribution in [0.25, 0.3) is 11.0 Å². The van der Waals surface area contributed by atoms with E-state index >= 15 is 0 Å². The van der Waals surface area contributed by atoms with Crippen molar-refractivity contribution in [2.45, 2.75) is 33.2 Å². The molecule has 86 valence electrons. The lowest BCUT2D eigenvalue weighted by Gasteiger charge is -2.10. The van der Waals surface area contributed by atoms with Crippen LogP contribution in [0.15, 0.2) is 28.7 Å². The molecule has 0 aliphatic carbocycles. The Labute approximate surface area is 96.4 Å². The summed E-state index contributed by atoms with van der Waals surface area (Å²) in [5, 5.41) is 1.14. The standard InChI is InChI=1S/C14H19NO/c1-9(2)6-12(15)14-8-11-5-4-10(3)7-13(11)16-14/h4-5,7-9,12H,6,15H2,1-3H3/t12-/m0/s1. The minimum atomic E-state index is 0.00714. The molecule has 0 aliphatic heterocycles. The maximum Gasteiger partial charge on any atom is 0.134 e. The SMILES string of the molecule is Cc1ccc2cc([C@@H](N)CC(C)C)oc2c1. The second-order valence-electron chi connectivity index (χ2n) is 4.93. The predicted octanol–water partition coefficient (Wildman–Crippen LogP) is 3.79. The van der Waals surface area contributed by atoms with Crippen LogP contribution in [0.2, 0.25) is 0 Å². The van der Waals surface area contributed by atoms with Gasteiger partial charge in [-0.3, -0.25) is 0 Å². The highest BCUT2D eigenvalue weighted by Crippen LogP contribution is 2.26. The summed E-state index contributed by atoms with van der Waals surface area (Å²) in [7, 11) is 0. The molecule has 2 N–H and O–H groups in total. The Morgan fingerprint density at radius 3 is 2.69 bits per heavy atom. The van der Waals surface area contributed by atoms with Crippen molar-refractivity contribution in [2.75, 3.05) is 0 Å². The molecule has 2 aromatic rings. The lowest BCUT2D eigenvalue weighted by molar-refractivity contribution is 0.431. The van der Waals surface area contributed by atoms with Crippen molar-refractivity contribution in [3.8, 4) is 0 Å². The molecule has 0 unspecified atom stereocenters. The molecule has 1 atom stereocenters. The van der Waals surface area contributed by atoms with Gasteiger partial charge in [0.1, 0.15) is 11.3 Å². The third-order valence-corrected chi connectivity index (χ3v) is 2.79. The summed E-state index contributed by atoms with van der Waals surface area (Å²) in [4.78, 5) is 0. The van der Waals surface area contributed by atoms with Crippen molar-refractivity contribution in [3.63, 3.8) is 0 Å². The van der Waals surface area contributed by atoms with E-state index in [-0.39, 0.29) is 6.04 Å². The number of fused-ring (bicyclic) bond motifs is 1. The van der Waals surface area contributed by atoms with E-state index in [1.54, 1.807) is 0 Å². The van der Waals surface area contributed by atoms with E-state index < -0.39 is 0 Å². The van der Waals surface area contributed by atoms with Crippen LogP contribution in [0.3, 0.4) is 0 Å². The smallest absolute Gasteiger partial charge is 0.134 e. The highest BCUT2D eigenvalue weighted by molar-refractivity contribution is 5.78. The molecule has 0 saturated heterocycles. The van der Waals surface area contributed by atoms with E-state index in [0.29, 0.717) is 5.92 Å². The average molecular weight is 217 g/mol. The van der Waals surface area contributed by atoms with Gasteiger partial charge in [0.05, 0.1) is 6.04 Å².